The van der Waals surface area contributed by atoms with Crippen LogP contribution in [-0.4, -0.2) is 47.2 Å². The summed E-state index contributed by atoms with van der Waals surface area (Å²) >= 11 is 12.2. The summed E-state index contributed by atoms with van der Waals surface area (Å²) in [4.78, 5) is 53.4. The van der Waals surface area contributed by atoms with E-state index in [1.807, 2.05) is 19.1 Å². The molecule has 3 amide bonds. The molecule has 4 rings (SSSR count). The Kier molecular flexibility index (Phi) is 6.77. The average molecular weight is 501 g/mol. The number of imide groups is 1. The number of ketones is 1. The highest BCUT2D eigenvalue weighted by Gasteiger charge is 2.53. The van der Waals surface area contributed by atoms with Gasteiger partial charge in [0.25, 0.3) is 17.7 Å². The first-order valence-electron chi connectivity index (χ1n) is 10.7. The minimum Gasteiger partial charge on any atom is -0.497 e. The quantitative estimate of drug-likeness (QED) is 0.332. The molecule has 0 saturated carbocycles. The van der Waals surface area contributed by atoms with E-state index in [0.29, 0.717) is 22.8 Å². The topological polar surface area (TPSA) is 84.0 Å². The largest absolute Gasteiger partial charge is 0.497 e. The standard InChI is InChI=1S/C25H22Cl2N2O5/c1-14-4-3-5-19-22(14)25(33)29(24(19)32)28(23(31)18-11-8-16(26)12-20(18)27)13-21(30)15-6-9-17(34-2)10-7-15/h3-4,6-12,14,19,22H,5,13H2,1-2H3/t14-,19-,22-/m1/s1. The van der Waals surface area contributed by atoms with Crippen molar-refractivity contribution in [3.05, 3.63) is 75.8 Å². The van der Waals surface area contributed by atoms with Gasteiger partial charge >= 0.3 is 0 Å². The molecule has 34 heavy (non-hydrogen) atoms. The van der Waals surface area contributed by atoms with Gasteiger partial charge in [0.1, 0.15) is 12.3 Å². The maximum Gasteiger partial charge on any atom is 0.274 e. The third-order valence-electron chi connectivity index (χ3n) is 6.19. The van der Waals surface area contributed by atoms with Crippen LogP contribution in [0.25, 0.3) is 0 Å². The minimum absolute atomic E-state index is 0.0234. The third kappa shape index (κ3) is 4.33. The van der Waals surface area contributed by atoms with Crippen molar-refractivity contribution < 1.29 is 23.9 Å². The van der Waals surface area contributed by atoms with Gasteiger partial charge in [-0.2, -0.15) is 5.01 Å². The van der Waals surface area contributed by atoms with Gasteiger partial charge in [0, 0.05) is 10.6 Å². The molecule has 7 nitrogen and oxygen atoms in total. The maximum atomic E-state index is 13.6. The van der Waals surface area contributed by atoms with Gasteiger partial charge in [0.05, 0.1) is 29.5 Å². The number of hydrogen-bond donors (Lipinski definition) is 0. The lowest BCUT2D eigenvalue weighted by atomic mass is 9.78. The highest BCUT2D eigenvalue weighted by atomic mass is 35.5. The van der Waals surface area contributed by atoms with Crippen LogP contribution in [0.3, 0.4) is 0 Å². The first-order valence-corrected chi connectivity index (χ1v) is 11.5. The van der Waals surface area contributed by atoms with Crippen molar-refractivity contribution in [1.29, 1.82) is 0 Å². The fourth-order valence-electron chi connectivity index (χ4n) is 4.41. The number of Topliss-reactive ketones (excluding diaryl/α,β-unsaturated/α-hetero) is 1. The molecule has 1 heterocycles. The summed E-state index contributed by atoms with van der Waals surface area (Å²) in [6, 6.07) is 10.6. The molecular formula is C25H22Cl2N2O5. The van der Waals surface area contributed by atoms with Crippen molar-refractivity contribution in [2.24, 2.45) is 17.8 Å². The lowest BCUT2D eigenvalue weighted by Gasteiger charge is -2.30. The smallest absolute Gasteiger partial charge is 0.274 e. The number of amides is 3. The van der Waals surface area contributed by atoms with Crippen molar-refractivity contribution in [3.8, 4) is 5.75 Å². The number of benzene rings is 2. The number of carbonyl (C=O) groups excluding carboxylic acids is 4. The van der Waals surface area contributed by atoms with Crippen molar-refractivity contribution in [3.63, 3.8) is 0 Å². The van der Waals surface area contributed by atoms with Crippen LogP contribution in [0.2, 0.25) is 10.0 Å². The van der Waals surface area contributed by atoms with Crippen molar-refractivity contribution in [1.82, 2.24) is 10.0 Å². The number of hydrogen-bond acceptors (Lipinski definition) is 5. The van der Waals surface area contributed by atoms with Crippen LogP contribution in [-0.2, 0) is 9.59 Å². The summed E-state index contributed by atoms with van der Waals surface area (Å²) in [5.74, 6) is -3.00. The number of ether oxygens (including phenoxy) is 1. The van der Waals surface area contributed by atoms with Gasteiger partial charge in [-0.25, -0.2) is 5.01 Å². The number of nitrogens with zero attached hydrogens (tertiary/aromatic N) is 2. The summed E-state index contributed by atoms with van der Waals surface area (Å²) in [5.41, 5.74) is 0.322. The van der Waals surface area contributed by atoms with Gasteiger partial charge in [-0.1, -0.05) is 42.3 Å². The zero-order valence-electron chi connectivity index (χ0n) is 18.5. The number of rotatable bonds is 6. The van der Waals surface area contributed by atoms with Gasteiger partial charge in [-0.05, 0) is 54.8 Å². The van der Waals surface area contributed by atoms with E-state index in [2.05, 4.69) is 0 Å². The van der Waals surface area contributed by atoms with Crippen molar-refractivity contribution in [2.45, 2.75) is 13.3 Å². The Morgan fingerprint density at radius 2 is 1.79 bits per heavy atom. The molecule has 1 saturated heterocycles. The summed E-state index contributed by atoms with van der Waals surface area (Å²) in [5, 5.41) is 2.10. The van der Waals surface area contributed by atoms with Gasteiger partial charge in [0.15, 0.2) is 5.78 Å². The molecule has 1 aliphatic carbocycles. The van der Waals surface area contributed by atoms with Crippen LogP contribution in [0.15, 0.2) is 54.6 Å². The first kappa shape index (κ1) is 24.0. The molecule has 2 aliphatic rings. The van der Waals surface area contributed by atoms with E-state index in [1.54, 1.807) is 24.3 Å². The Labute approximate surface area is 206 Å². The number of allylic oxidation sites excluding steroid dienone is 2. The molecule has 176 valence electrons. The zero-order chi connectivity index (χ0) is 24.6. The predicted octanol–water partition coefficient (Wildman–Crippen LogP) is 4.44. The molecule has 2 aromatic rings. The van der Waals surface area contributed by atoms with Gasteiger partial charge in [-0.15, -0.1) is 0 Å². The second-order valence-electron chi connectivity index (χ2n) is 8.28. The number of carbonyl (C=O) groups is 4. The molecule has 0 radical (unpaired) electrons. The third-order valence-corrected chi connectivity index (χ3v) is 6.74. The fraction of sp³-hybridized carbons (Fsp3) is 0.280. The maximum absolute atomic E-state index is 13.6. The molecule has 0 unspecified atom stereocenters. The van der Waals surface area contributed by atoms with Crippen molar-refractivity contribution >= 4 is 46.7 Å². The molecule has 0 bridgehead atoms. The van der Waals surface area contributed by atoms with E-state index < -0.39 is 41.9 Å². The van der Waals surface area contributed by atoms with E-state index in [1.165, 1.54) is 25.3 Å². The van der Waals surface area contributed by atoms with Crippen LogP contribution in [0.5, 0.6) is 5.75 Å². The Morgan fingerprint density at radius 1 is 1.09 bits per heavy atom. The zero-order valence-corrected chi connectivity index (χ0v) is 20.0. The van der Waals surface area contributed by atoms with Crippen LogP contribution in [0.1, 0.15) is 34.1 Å². The monoisotopic (exact) mass is 500 g/mol. The number of methoxy groups -OCH3 is 1. The second kappa shape index (κ2) is 9.60. The van der Waals surface area contributed by atoms with Crippen LogP contribution < -0.4 is 4.74 Å². The van der Waals surface area contributed by atoms with E-state index in [4.69, 9.17) is 27.9 Å². The number of halogens is 2. The van der Waals surface area contributed by atoms with Crippen LogP contribution >= 0.6 is 23.2 Å². The van der Waals surface area contributed by atoms with Gasteiger partial charge in [-0.3, -0.25) is 19.2 Å². The molecule has 1 aliphatic heterocycles. The van der Waals surface area contributed by atoms with E-state index in [9.17, 15) is 19.2 Å². The average Bonchev–Trinajstić information content (AvgIpc) is 3.08. The summed E-state index contributed by atoms with van der Waals surface area (Å²) < 4.78 is 5.12. The number of fused-ring (bicyclic) bond motifs is 1. The Hall–Kier alpha value is -3.16. The molecule has 0 aromatic heterocycles. The SMILES string of the molecule is COc1ccc(C(=O)CN(C(=O)c2ccc(Cl)cc2Cl)N2C(=O)[C@@H]3[C@H](C)C=CC[C@H]3C2=O)cc1. The minimum atomic E-state index is -0.746. The molecule has 9 heteroatoms. The van der Waals surface area contributed by atoms with E-state index >= 15 is 0 Å². The fourth-order valence-corrected chi connectivity index (χ4v) is 4.90. The summed E-state index contributed by atoms with van der Waals surface area (Å²) in [6.07, 6.45) is 4.15. The second-order valence-corrected chi connectivity index (χ2v) is 9.13. The summed E-state index contributed by atoms with van der Waals surface area (Å²) in [6.45, 7) is 1.33. The molecule has 2 aromatic carbocycles. The highest BCUT2D eigenvalue weighted by molar-refractivity contribution is 6.36. The molecular weight excluding hydrogens is 479 g/mol. The highest BCUT2D eigenvalue weighted by Crippen LogP contribution is 2.39. The number of hydrazine groups is 1. The molecule has 1 fully saturated rings. The van der Waals surface area contributed by atoms with Gasteiger partial charge < -0.3 is 4.74 Å². The van der Waals surface area contributed by atoms with Crippen LogP contribution in [0, 0.1) is 17.8 Å². The normalized spacial score (nSPS) is 21.4. The first-order chi connectivity index (χ1) is 16.2. The van der Waals surface area contributed by atoms with E-state index in [-0.39, 0.29) is 16.5 Å². The van der Waals surface area contributed by atoms with Crippen molar-refractivity contribution in [2.75, 3.05) is 13.7 Å². The lowest BCUT2D eigenvalue weighted by molar-refractivity contribution is -0.154. The Balaban J connectivity index is 1.72. The van der Waals surface area contributed by atoms with Gasteiger partial charge in [0.2, 0.25) is 0 Å². The summed E-state index contributed by atoms with van der Waals surface area (Å²) in [7, 11) is 1.51. The van der Waals surface area contributed by atoms with Crippen LogP contribution in [0.4, 0.5) is 0 Å². The molecule has 3 atom stereocenters. The lowest BCUT2D eigenvalue weighted by Crippen LogP contribution is -2.52. The Bertz CT molecular complexity index is 1190. The van der Waals surface area contributed by atoms with E-state index in [0.717, 1.165) is 10.0 Å². The Morgan fingerprint density at radius 3 is 2.41 bits per heavy atom. The predicted molar refractivity (Wildman–Crippen MR) is 127 cm³/mol. The molecule has 0 N–H and O–H groups in total. The molecule has 0 spiro atoms.